The molecule has 0 unspecified atom stereocenters. The predicted octanol–water partition coefficient (Wildman–Crippen LogP) is 0.886. The molecule has 0 spiro atoms. The van der Waals surface area contributed by atoms with Gasteiger partial charge in [-0.2, -0.15) is 18.2 Å². The monoisotopic (exact) mass is 303 g/mol. The number of rotatable bonds is 2. The van der Waals surface area contributed by atoms with E-state index in [0.717, 1.165) is 6.07 Å². The van der Waals surface area contributed by atoms with Gasteiger partial charge >= 0.3 is 6.18 Å². The first kappa shape index (κ1) is 15.3. The minimum atomic E-state index is -4.57. The van der Waals surface area contributed by atoms with Gasteiger partial charge in [-0.3, -0.25) is 4.79 Å². The molecule has 1 aromatic heterocycles. The van der Waals surface area contributed by atoms with Crippen molar-refractivity contribution in [1.29, 1.82) is 0 Å². The van der Waals surface area contributed by atoms with Gasteiger partial charge in [-0.05, 0) is 6.92 Å². The molecule has 1 atom stereocenters. The standard InChI is InChI=1S/C12H16F3N5O/c1-7-10(21)16-4-5-20(7)11-17-8(12(13,14)15)6-9(18-11)19(2)3/h6-7H,4-5H2,1-3H3,(H,16,21)/t7-/m1/s1. The number of alkyl halides is 3. The fraction of sp³-hybridized carbons (Fsp3) is 0.583. The van der Waals surface area contributed by atoms with Crippen molar-refractivity contribution in [2.45, 2.75) is 19.1 Å². The molecule has 1 aliphatic rings. The number of aromatic nitrogens is 2. The Morgan fingerprint density at radius 3 is 2.62 bits per heavy atom. The predicted molar refractivity (Wildman–Crippen MR) is 71.2 cm³/mol. The highest BCUT2D eigenvalue weighted by Crippen LogP contribution is 2.31. The van der Waals surface area contributed by atoms with Gasteiger partial charge in [0.05, 0.1) is 0 Å². The van der Waals surface area contributed by atoms with E-state index in [-0.39, 0.29) is 17.7 Å². The number of nitrogens with zero attached hydrogens (tertiary/aromatic N) is 4. The third-order valence-corrected chi connectivity index (χ3v) is 3.21. The molecule has 1 N–H and O–H groups in total. The quantitative estimate of drug-likeness (QED) is 0.879. The lowest BCUT2D eigenvalue weighted by Gasteiger charge is -2.33. The molecule has 6 nitrogen and oxygen atoms in total. The van der Waals surface area contributed by atoms with Crippen molar-refractivity contribution in [3.63, 3.8) is 0 Å². The van der Waals surface area contributed by atoms with Crippen LogP contribution in [0.1, 0.15) is 12.6 Å². The number of nitrogens with one attached hydrogen (secondary N) is 1. The zero-order chi connectivity index (χ0) is 15.8. The average molecular weight is 303 g/mol. The molecule has 0 aromatic carbocycles. The topological polar surface area (TPSA) is 61.4 Å². The molecule has 1 aromatic rings. The molecule has 0 saturated carbocycles. The number of hydrogen-bond donors (Lipinski definition) is 1. The second-order valence-electron chi connectivity index (χ2n) is 4.96. The van der Waals surface area contributed by atoms with E-state index in [1.165, 1.54) is 9.80 Å². The normalized spacial score (nSPS) is 19.4. The van der Waals surface area contributed by atoms with E-state index in [1.54, 1.807) is 21.0 Å². The van der Waals surface area contributed by atoms with Crippen molar-refractivity contribution in [2.75, 3.05) is 37.0 Å². The van der Waals surface area contributed by atoms with Gasteiger partial charge in [0.15, 0.2) is 5.69 Å². The van der Waals surface area contributed by atoms with Crippen molar-refractivity contribution in [2.24, 2.45) is 0 Å². The summed E-state index contributed by atoms with van der Waals surface area (Å²) in [5.74, 6) is -0.199. The van der Waals surface area contributed by atoms with Crippen LogP contribution in [0.5, 0.6) is 0 Å². The van der Waals surface area contributed by atoms with E-state index in [0.29, 0.717) is 13.1 Å². The summed E-state index contributed by atoms with van der Waals surface area (Å²) in [6.45, 7) is 2.31. The first-order chi connectivity index (χ1) is 9.70. The number of anilines is 2. The highest BCUT2D eigenvalue weighted by atomic mass is 19.4. The summed E-state index contributed by atoms with van der Waals surface area (Å²) in [5.41, 5.74) is -1.02. The van der Waals surface area contributed by atoms with Crippen LogP contribution in [0.15, 0.2) is 6.07 Å². The van der Waals surface area contributed by atoms with E-state index in [4.69, 9.17) is 0 Å². The van der Waals surface area contributed by atoms with E-state index in [1.807, 2.05) is 0 Å². The number of carbonyl (C=O) groups is 1. The summed E-state index contributed by atoms with van der Waals surface area (Å²) in [6.07, 6.45) is -4.57. The third kappa shape index (κ3) is 3.17. The second-order valence-corrected chi connectivity index (χ2v) is 4.96. The lowest BCUT2D eigenvalue weighted by molar-refractivity contribution is -0.141. The zero-order valence-corrected chi connectivity index (χ0v) is 11.9. The van der Waals surface area contributed by atoms with Gasteiger partial charge in [0, 0.05) is 33.3 Å². The van der Waals surface area contributed by atoms with E-state index >= 15 is 0 Å². The molecule has 0 bridgehead atoms. The smallest absolute Gasteiger partial charge is 0.363 e. The molecular weight excluding hydrogens is 287 g/mol. The van der Waals surface area contributed by atoms with Gasteiger partial charge in [0.25, 0.3) is 0 Å². The maximum Gasteiger partial charge on any atom is 0.433 e. The van der Waals surface area contributed by atoms with E-state index in [9.17, 15) is 18.0 Å². The summed E-state index contributed by atoms with van der Waals surface area (Å²) >= 11 is 0. The summed E-state index contributed by atoms with van der Waals surface area (Å²) in [5, 5.41) is 2.64. The number of halogens is 3. The average Bonchev–Trinajstić information content (AvgIpc) is 2.40. The maximum atomic E-state index is 12.9. The Bertz CT molecular complexity index is 546. The van der Waals surface area contributed by atoms with Crippen molar-refractivity contribution < 1.29 is 18.0 Å². The van der Waals surface area contributed by atoms with Gasteiger partial charge in [-0.25, -0.2) is 4.98 Å². The highest BCUT2D eigenvalue weighted by Gasteiger charge is 2.36. The first-order valence-electron chi connectivity index (χ1n) is 6.38. The van der Waals surface area contributed by atoms with E-state index in [2.05, 4.69) is 15.3 Å². The Morgan fingerprint density at radius 2 is 2.05 bits per heavy atom. The molecular formula is C12H16F3N5O. The van der Waals surface area contributed by atoms with Crippen molar-refractivity contribution in [3.8, 4) is 0 Å². The van der Waals surface area contributed by atoms with Gasteiger partial charge in [0.2, 0.25) is 11.9 Å². The summed E-state index contributed by atoms with van der Waals surface area (Å²) < 4.78 is 38.8. The van der Waals surface area contributed by atoms with Crippen LogP contribution < -0.4 is 15.1 Å². The number of hydrogen-bond acceptors (Lipinski definition) is 5. The fourth-order valence-electron chi connectivity index (χ4n) is 1.98. The van der Waals surface area contributed by atoms with Crippen molar-refractivity contribution in [1.82, 2.24) is 15.3 Å². The Kier molecular flexibility index (Phi) is 3.93. The van der Waals surface area contributed by atoms with Crippen molar-refractivity contribution >= 4 is 17.7 Å². The summed E-state index contributed by atoms with van der Waals surface area (Å²) in [7, 11) is 3.19. The molecule has 9 heteroatoms. The molecule has 1 amide bonds. The highest BCUT2D eigenvalue weighted by molar-refractivity contribution is 5.85. The molecule has 116 valence electrons. The Balaban J connectivity index is 2.47. The SMILES string of the molecule is C[C@@H]1C(=O)NCCN1c1nc(N(C)C)cc(C(F)(F)F)n1. The number of carbonyl (C=O) groups excluding carboxylic acids is 1. The number of amides is 1. The largest absolute Gasteiger partial charge is 0.433 e. The summed E-state index contributed by atoms with van der Waals surface area (Å²) in [4.78, 5) is 22.3. The molecule has 2 rings (SSSR count). The zero-order valence-electron chi connectivity index (χ0n) is 11.9. The van der Waals surface area contributed by atoms with Crippen LogP contribution in [0.4, 0.5) is 24.9 Å². The Hall–Kier alpha value is -2.06. The third-order valence-electron chi connectivity index (χ3n) is 3.21. The van der Waals surface area contributed by atoms with Crippen LogP contribution in [0.25, 0.3) is 0 Å². The Labute approximate surface area is 120 Å². The lowest BCUT2D eigenvalue weighted by atomic mass is 10.2. The summed E-state index contributed by atoms with van der Waals surface area (Å²) in [6, 6.07) is 0.273. The van der Waals surface area contributed by atoms with E-state index < -0.39 is 17.9 Å². The molecule has 1 fully saturated rings. The van der Waals surface area contributed by atoms with Crippen LogP contribution in [-0.4, -0.2) is 49.1 Å². The van der Waals surface area contributed by atoms with Gasteiger partial charge < -0.3 is 15.1 Å². The molecule has 1 aliphatic heterocycles. The van der Waals surface area contributed by atoms with Gasteiger partial charge in [0.1, 0.15) is 11.9 Å². The van der Waals surface area contributed by atoms with Crippen LogP contribution in [-0.2, 0) is 11.0 Å². The van der Waals surface area contributed by atoms with Crippen LogP contribution in [0, 0.1) is 0 Å². The molecule has 21 heavy (non-hydrogen) atoms. The second kappa shape index (κ2) is 5.38. The lowest BCUT2D eigenvalue weighted by Crippen LogP contribution is -2.54. The molecule has 0 radical (unpaired) electrons. The fourth-order valence-corrected chi connectivity index (χ4v) is 1.98. The van der Waals surface area contributed by atoms with Gasteiger partial charge in [-0.15, -0.1) is 0 Å². The van der Waals surface area contributed by atoms with Crippen LogP contribution in [0.3, 0.4) is 0 Å². The van der Waals surface area contributed by atoms with Crippen LogP contribution >= 0.6 is 0 Å². The molecule has 0 aliphatic carbocycles. The number of piperazine rings is 1. The minimum Gasteiger partial charge on any atom is -0.363 e. The van der Waals surface area contributed by atoms with Crippen LogP contribution in [0.2, 0.25) is 0 Å². The molecule has 2 heterocycles. The molecule has 1 saturated heterocycles. The van der Waals surface area contributed by atoms with Crippen molar-refractivity contribution in [3.05, 3.63) is 11.8 Å². The maximum absolute atomic E-state index is 12.9. The van der Waals surface area contributed by atoms with Gasteiger partial charge in [-0.1, -0.05) is 0 Å². The minimum absolute atomic E-state index is 0.0872. The first-order valence-corrected chi connectivity index (χ1v) is 6.38. The Morgan fingerprint density at radius 1 is 1.38 bits per heavy atom.